The summed E-state index contributed by atoms with van der Waals surface area (Å²) in [4.78, 5) is 46.3. The lowest BCUT2D eigenvalue weighted by atomic mass is 10.2. The van der Waals surface area contributed by atoms with E-state index in [1.54, 1.807) is 24.5 Å². The highest BCUT2D eigenvalue weighted by Gasteiger charge is 2.20. The topological polar surface area (TPSA) is 98.9 Å². The third-order valence-corrected chi connectivity index (χ3v) is 5.73. The predicted molar refractivity (Wildman–Crippen MR) is 110 cm³/mol. The highest BCUT2D eigenvalue weighted by atomic mass is 32.1. The second-order valence-electron chi connectivity index (χ2n) is 6.69. The number of thiazole rings is 1. The van der Waals surface area contributed by atoms with Crippen LogP contribution in [0.5, 0.6) is 0 Å². The Morgan fingerprint density at radius 2 is 1.84 bits per heavy atom. The first-order chi connectivity index (χ1) is 14.8. The average molecular weight is 443 g/mol. The molecule has 0 aliphatic carbocycles. The van der Waals surface area contributed by atoms with Crippen LogP contribution in [0.1, 0.15) is 20.9 Å². The third kappa shape index (κ3) is 3.99. The van der Waals surface area contributed by atoms with Gasteiger partial charge in [0.2, 0.25) is 0 Å². The van der Waals surface area contributed by atoms with Crippen LogP contribution < -0.4 is 16.6 Å². The SMILES string of the molecule is Cn1c(=O)n(Cc2ccc(F)c(F)c2)c(=O)c2nc(C(=O)NCc3ccncc3)sc21. The number of aromatic nitrogens is 4. The van der Waals surface area contributed by atoms with Crippen LogP contribution in [0, 0.1) is 11.6 Å². The first-order valence-corrected chi connectivity index (χ1v) is 9.88. The van der Waals surface area contributed by atoms with Crippen LogP contribution in [0.25, 0.3) is 10.3 Å². The Hall–Kier alpha value is -3.73. The molecule has 11 heteroatoms. The fourth-order valence-corrected chi connectivity index (χ4v) is 3.91. The number of halogens is 2. The van der Waals surface area contributed by atoms with E-state index in [2.05, 4.69) is 15.3 Å². The number of aryl methyl sites for hydroxylation is 1. The maximum Gasteiger partial charge on any atom is 0.332 e. The molecule has 4 rings (SSSR count). The highest BCUT2D eigenvalue weighted by molar-refractivity contribution is 7.19. The van der Waals surface area contributed by atoms with Crippen LogP contribution in [-0.2, 0) is 20.1 Å². The minimum Gasteiger partial charge on any atom is -0.346 e. The first-order valence-electron chi connectivity index (χ1n) is 9.06. The number of carbonyl (C=O) groups is 1. The van der Waals surface area contributed by atoms with Crippen molar-refractivity contribution in [1.29, 1.82) is 0 Å². The number of fused-ring (bicyclic) bond motifs is 1. The van der Waals surface area contributed by atoms with Crippen molar-refractivity contribution >= 4 is 27.6 Å². The minimum absolute atomic E-state index is 0.0294. The van der Waals surface area contributed by atoms with E-state index < -0.39 is 28.8 Å². The molecule has 0 saturated carbocycles. The normalized spacial score (nSPS) is 11.1. The van der Waals surface area contributed by atoms with Crippen LogP contribution in [0.4, 0.5) is 8.78 Å². The number of hydrogen-bond donors (Lipinski definition) is 1. The molecule has 0 aliphatic heterocycles. The summed E-state index contributed by atoms with van der Waals surface area (Å²) in [6, 6.07) is 6.63. The van der Waals surface area contributed by atoms with Crippen molar-refractivity contribution in [2.45, 2.75) is 13.1 Å². The molecular formula is C20H15F2N5O3S. The second kappa shape index (κ2) is 8.19. The molecule has 3 aromatic heterocycles. The highest BCUT2D eigenvalue weighted by Crippen LogP contribution is 2.18. The lowest BCUT2D eigenvalue weighted by Gasteiger charge is -2.08. The van der Waals surface area contributed by atoms with Crippen molar-refractivity contribution in [2.75, 3.05) is 0 Å². The lowest BCUT2D eigenvalue weighted by molar-refractivity contribution is 0.0950. The number of nitrogens with one attached hydrogen (secondary N) is 1. The summed E-state index contributed by atoms with van der Waals surface area (Å²) in [6.07, 6.45) is 3.20. The fraction of sp³-hybridized carbons (Fsp3) is 0.150. The number of rotatable bonds is 5. The molecule has 0 atom stereocenters. The van der Waals surface area contributed by atoms with Crippen LogP contribution in [-0.4, -0.2) is 25.0 Å². The van der Waals surface area contributed by atoms with Crippen molar-refractivity contribution in [1.82, 2.24) is 24.4 Å². The molecule has 1 amide bonds. The molecule has 0 unspecified atom stereocenters. The van der Waals surface area contributed by atoms with Crippen molar-refractivity contribution in [2.24, 2.45) is 7.05 Å². The maximum absolute atomic E-state index is 13.5. The maximum atomic E-state index is 13.5. The smallest absolute Gasteiger partial charge is 0.332 e. The second-order valence-corrected chi connectivity index (χ2v) is 7.67. The standard InChI is InChI=1S/C20H15F2N5O3S/c1-26-19-15(25-17(31-19)16(28)24-9-11-4-6-23-7-5-11)18(29)27(20(26)30)10-12-2-3-13(21)14(22)8-12/h2-8H,9-10H2,1H3,(H,24,28). The van der Waals surface area contributed by atoms with Crippen LogP contribution in [0.2, 0.25) is 0 Å². The largest absolute Gasteiger partial charge is 0.346 e. The van der Waals surface area contributed by atoms with Gasteiger partial charge in [-0.3, -0.25) is 23.7 Å². The van der Waals surface area contributed by atoms with Crippen molar-refractivity contribution in [3.05, 3.63) is 91.3 Å². The molecule has 0 radical (unpaired) electrons. The van der Waals surface area contributed by atoms with E-state index in [-0.39, 0.29) is 34.0 Å². The van der Waals surface area contributed by atoms with Gasteiger partial charge in [0.15, 0.2) is 22.2 Å². The Bertz CT molecular complexity index is 1410. The molecule has 8 nitrogen and oxygen atoms in total. The Morgan fingerprint density at radius 3 is 2.55 bits per heavy atom. The molecule has 0 fully saturated rings. The summed E-state index contributed by atoms with van der Waals surface area (Å²) >= 11 is 0.919. The minimum atomic E-state index is -1.08. The Balaban J connectivity index is 1.67. The van der Waals surface area contributed by atoms with Crippen LogP contribution >= 0.6 is 11.3 Å². The van der Waals surface area contributed by atoms with E-state index in [0.29, 0.717) is 0 Å². The van der Waals surface area contributed by atoms with Gasteiger partial charge >= 0.3 is 5.69 Å². The van der Waals surface area contributed by atoms with Gasteiger partial charge in [-0.25, -0.2) is 18.6 Å². The van der Waals surface area contributed by atoms with Gasteiger partial charge < -0.3 is 5.32 Å². The molecule has 1 aromatic carbocycles. The van der Waals surface area contributed by atoms with Gasteiger partial charge in [0.05, 0.1) is 6.54 Å². The first kappa shape index (κ1) is 20.5. The van der Waals surface area contributed by atoms with Crippen molar-refractivity contribution in [3.8, 4) is 0 Å². The molecule has 0 aliphatic rings. The molecule has 4 aromatic rings. The quantitative estimate of drug-likeness (QED) is 0.507. The number of pyridine rings is 1. The van der Waals surface area contributed by atoms with Gasteiger partial charge in [-0.2, -0.15) is 0 Å². The van der Waals surface area contributed by atoms with Crippen LogP contribution in [0.15, 0.2) is 52.3 Å². The fourth-order valence-electron chi connectivity index (χ4n) is 2.98. The Labute approximate surface area is 177 Å². The number of carbonyl (C=O) groups excluding carboxylic acids is 1. The molecule has 3 heterocycles. The molecule has 1 N–H and O–H groups in total. The molecule has 0 spiro atoms. The van der Waals surface area contributed by atoms with Crippen molar-refractivity contribution in [3.63, 3.8) is 0 Å². The zero-order chi connectivity index (χ0) is 22.1. The zero-order valence-electron chi connectivity index (χ0n) is 16.1. The Morgan fingerprint density at radius 1 is 1.10 bits per heavy atom. The summed E-state index contributed by atoms with van der Waals surface area (Å²) in [5, 5.41) is 2.73. The van der Waals surface area contributed by atoms with E-state index in [4.69, 9.17) is 0 Å². The number of nitrogens with zero attached hydrogens (tertiary/aromatic N) is 4. The summed E-state index contributed by atoms with van der Waals surface area (Å²) in [5.74, 6) is -2.59. The van der Waals surface area contributed by atoms with Crippen LogP contribution in [0.3, 0.4) is 0 Å². The van der Waals surface area contributed by atoms with E-state index in [9.17, 15) is 23.2 Å². The van der Waals surface area contributed by atoms with Gasteiger partial charge in [-0.05, 0) is 35.4 Å². The summed E-state index contributed by atoms with van der Waals surface area (Å²) < 4.78 is 28.7. The van der Waals surface area contributed by atoms with Gasteiger partial charge in [-0.1, -0.05) is 17.4 Å². The zero-order valence-corrected chi connectivity index (χ0v) is 16.9. The number of benzene rings is 1. The molecule has 0 bridgehead atoms. The van der Waals surface area contributed by atoms with Gasteiger partial charge in [0.25, 0.3) is 11.5 Å². The summed E-state index contributed by atoms with van der Waals surface area (Å²) in [6.45, 7) is -0.0175. The third-order valence-electron chi connectivity index (χ3n) is 4.60. The molecule has 0 saturated heterocycles. The van der Waals surface area contributed by atoms with Crippen molar-refractivity contribution < 1.29 is 13.6 Å². The lowest BCUT2D eigenvalue weighted by Crippen LogP contribution is -2.39. The van der Waals surface area contributed by atoms with E-state index in [1.807, 2.05) is 0 Å². The molecular weight excluding hydrogens is 428 g/mol. The van der Waals surface area contributed by atoms with Gasteiger partial charge in [0.1, 0.15) is 4.83 Å². The molecule has 31 heavy (non-hydrogen) atoms. The van der Waals surface area contributed by atoms with Gasteiger partial charge in [0, 0.05) is 26.0 Å². The number of amides is 1. The summed E-state index contributed by atoms with van der Waals surface area (Å²) in [7, 11) is 1.45. The van der Waals surface area contributed by atoms with Gasteiger partial charge in [-0.15, -0.1) is 0 Å². The Kier molecular flexibility index (Phi) is 5.42. The van der Waals surface area contributed by atoms with E-state index in [0.717, 1.165) is 33.6 Å². The van der Waals surface area contributed by atoms with E-state index in [1.165, 1.54) is 17.7 Å². The molecule has 158 valence electrons. The predicted octanol–water partition coefficient (Wildman–Crippen LogP) is 1.81. The number of hydrogen-bond acceptors (Lipinski definition) is 6. The summed E-state index contributed by atoms with van der Waals surface area (Å²) in [5.41, 5.74) is -0.348. The van der Waals surface area contributed by atoms with E-state index >= 15 is 0 Å². The monoisotopic (exact) mass is 443 g/mol. The average Bonchev–Trinajstić information content (AvgIpc) is 3.23.